The van der Waals surface area contributed by atoms with E-state index in [2.05, 4.69) is 15.3 Å². The van der Waals surface area contributed by atoms with Crippen molar-refractivity contribution in [2.75, 3.05) is 6.54 Å². The molecule has 0 saturated heterocycles. The van der Waals surface area contributed by atoms with Crippen molar-refractivity contribution in [3.8, 4) is 0 Å². The highest BCUT2D eigenvalue weighted by atomic mass is 16.2. The Morgan fingerprint density at radius 1 is 1.91 bits per heavy atom. The molecule has 0 aromatic rings. The molecule has 0 radical (unpaired) electrons. The number of hydrogen-bond donors (Lipinski definition) is 1. The molecule has 0 bridgehead atoms. The third-order valence-electron chi connectivity index (χ3n) is 0.895. The average Bonchev–Trinajstić information content (AvgIpc) is 1.97. The van der Waals surface area contributed by atoms with E-state index in [1.54, 1.807) is 0 Å². The number of amides is 1. The summed E-state index contributed by atoms with van der Waals surface area (Å²) in [7, 11) is 0. The van der Waals surface area contributed by atoms with Crippen molar-refractivity contribution in [1.29, 1.82) is 0 Å². The minimum atomic E-state index is -0.705. The topological polar surface area (TPSA) is 94.9 Å². The Kier molecular flexibility index (Phi) is 4.51. The highest BCUT2D eigenvalue weighted by Crippen LogP contribution is 1.80. The summed E-state index contributed by atoms with van der Waals surface area (Å²) in [5, 5.41) is 5.42. The van der Waals surface area contributed by atoms with E-state index in [0.717, 1.165) is 0 Å². The van der Waals surface area contributed by atoms with Gasteiger partial charge in [-0.2, -0.15) is 0 Å². The van der Waals surface area contributed by atoms with E-state index in [0.29, 0.717) is 6.29 Å². The maximum absolute atomic E-state index is 10.4. The minimum absolute atomic E-state index is 0.0421. The Hall–Kier alpha value is -1.55. The lowest BCUT2D eigenvalue weighted by atomic mass is 10.3. The number of carbonyl (C=O) groups is 2. The molecule has 0 rings (SSSR count). The SMILES string of the molecule is CC(=O)N[C@H](C=O)CN=[N+]=[N-]. The van der Waals surface area contributed by atoms with E-state index in [4.69, 9.17) is 5.53 Å². The molecule has 0 aliphatic carbocycles. The van der Waals surface area contributed by atoms with Crippen LogP contribution in [0, 0.1) is 0 Å². The molecule has 0 aliphatic heterocycles. The van der Waals surface area contributed by atoms with E-state index in [1.165, 1.54) is 6.92 Å². The van der Waals surface area contributed by atoms with Crippen molar-refractivity contribution in [2.24, 2.45) is 5.11 Å². The molecule has 0 fully saturated rings. The maximum Gasteiger partial charge on any atom is 0.217 e. The summed E-state index contributed by atoms with van der Waals surface area (Å²) in [6.45, 7) is 1.24. The Morgan fingerprint density at radius 2 is 2.55 bits per heavy atom. The predicted octanol–water partition coefficient (Wildman–Crippen LogP) is 0.000300. The average molecular weight is 156 g/mol. The second kappa shape index (κ2) is 5.25. The monoisotopic (exact) mass is 156 g/mol. The van der Waals surface area contributed by atoms with E-state index < -0.39 is 6.04 Å². The molecule has 0 aliphatic rings. The van der Waals surface area contributed by atoms with Crippen molar-refractivity contribution in [2.45, 2.75) is 13.0 Å². The third-order valence-corrected chi connectivity index (χ3v) is 0.895. The van der Waals surface area contributed by atoms with Crippen LogP contribution in [0.5, 0.6) is 0 Å². The highest BCUT2D eigenvalue weighted by Gasteiger charge is 2.05. The van der Waals surface area contributed by atoms with Crippen molar-refractivity contribution in [3.05, 3.63) is 10.4 Å². The number of hydrogen-bond acceptors (Lipinski definition) is 3. The van der Waals surface area contributed by atoms with E-state index in [-0.39, 0.29) is 12.5 Å². The summed E-state index contributed by atoms with van der Waals surface area (Å²) in [5.41, 5.74) is 7.87. The molecule has 6 heteroatoms. The zero-order chi connectivity index (χ0) is 8.69. The fourth-order valence-electron chi connectivity index (χ4n) is 0.508. The smallest absolute Gasteiger partial charge is 0.217 e. The molecule has 0 aromatic carbocycles. The lowest BCUT2D eigenvalue weighted by molar-refractivity contribution is -0.122. The number of rotatable bonds is 4. The number of aldehydes is 1. The number of azide groups is 1. The van der Waals surface area contributed by atoms with Crippen LogP contribution in [0.1, 0.15) is 6.92 Å². The highest BCUT2D eigenvalue weighted by molar-refractivity contribution is 5.77. The number of nitrogens with zero attached hydrogens (tertiary/aromatic N) is 3. The molecular weight excluding hydrogens is 148 g/mol. The summed E-state index contributed by atoms with van der Waals surface area (Å²) in [6, 6.07) is -0.705. The van der Waals surface area contributed by atoms with Gasteiger partial charge in [0.15, 0.2) is 0 Å². The molecule has 0 saturated carbocycles. The van der Waals surface area contributed by atoms with Gasteiger partial charge in [0, 0.05) is 11.8 Å². The van der Waals surface area contributed by atoms with Gasteiger partial charge >= 0.3 is 0 Å². The normalized spacial score (nSPS) is 11.0. The van der Waals surface area contributed by atoms with Crippen LogP contribution in [0.15, 0.2) is 5.11 Å². The van der Waals surface area contributed by atoms with Crippen LogP contribution in [0.25, 0.3) is 10.4 Å². The number of carbonyl (C=O) groups excluding carboxylic acids is 2. The predicted molar refractivity (Wildman–Crippen MR) is 37.7 cm³/mol. The molecule has 0 unspecified atom stereocenters. The number of nitrogens with one attached hydrogen (secondary N) is 1. The van der Waals surface area contributed by atoms with Crippen molar-refractivity contribution in [1.82, 2.24) is 5.32 Å². The van der Waals surface area contributed by atoms with Crippen LogP contribution in [0.3, 0.4) is 0 Å². The summed E-state index contributed by atoms with van der Waals surface area (Å²) in [4.78, 5) is 23.0. The largest absolute Gasteiger partial charge is 0.347 e. The van der Waals surface area contributed by atoms with Crippen LogP contribution in [-0.4, -0.2) is 24.8 Å². The van der Waals surface area contributed by atoms with Crippen molar-refractivity contribution in [3.63, 3.8) is 0 Å². The van der Waals surface area contributed by atoms with Gasteiger partial charge in [-0.15, -0.1) is 0 Å². The molecular formula is C5H8N4O2. The first-order valence-electron chi connectivity index (χ1n) is 2.94. The van der Waals surface area contributed by atoms with Gasteiger partial charge in [-0.1, -0.05) is 5.11 Å². The van der Waals surface area contributed by atoms with Crippen molar-refractivity contribution < 1.29 is 9.59 Å². The lowest BCUT2D eigenvalue weighted by Crippen LogP contribution is -2.36. The lowest BCUT2D eigenvalue weighted by Gasteiger charge is -2.05. The van der Waals surface area contributed by atoms with Gasteiger partial charge in [-0.3, -0.25) is 4.79 Å². The Balaban J connectivity index is 3.84. The molecule has 11 heavy (non-hydrogen) atoms. The van der Waals surface area contributed by atoms with E-state index >= 15 is 0 Å². The van der Waals surface area contributed by atoms with Gasteiger partial charge in [0.25, 0.3) is 0 Å². The van der Waals surface area contributed by atoms with Crippen molar-refractivity contribution >= 4 is 12.2 Å². The van der Waals surface area contributed by atoms with Gasteiger partial charge < -0.3 is 10.1 Å². The molecule has 0 spiro atoms. The summed E-state index contributed by atoms with van der Waals surface area (Å²) < 4.78 is 0. The van der Waals surface area contributed by atoms with Gasteiger partial charge in [-0.25, -0.2) is 0 Å². The summed E-state index contributed by atoms with van der Waals surface area (Å²) in [6.07, 6.45) is 0.524. The first kappa shape index (κ1) is 9.45. The van der Waals surface area contributed by atoms with Crippen LogP contribution in [0.4, 0.5) is 0 Å². The first-order valence-corrected chi connectivity index (χ1v) is 2.94. The second-order valence-corrected chi connectivity index (χ2v) is 1.86. The van der Waals surface area contributed by atoms with Gasteiger partial charge in [0.05, 0.1) is 12.6 Å². The van der Waals surface area contributed by atoms with Crippen LogP contribution < -0.4 is 5.32 Å². The Morgan fingerprint density at radius 3 is 2.91 bits per heavy atom. The first-order chi connectivity index (χ1) is 5.20. The Bertz CT molecular complexity index is 193. The molecule has 0 heterocycles. The van der Waals surface area contributed by atoms with Crippen LogP contribution in [-0.2, 0) is 9.59 Å². The molecule has 1 N–H and O–H groups in total. The Labute approximate surface area is 63.2 Å². The summed E-state index contributed by atoms with van der Waals surface area (Å²) >= 11 is 0. The zero-order valence-corrected chi connectivity index (χ0v) is 6.02. The second-order valence-electron chi connectivity index (χ2n) is 1.86. The van der Waals surface area contributed by atoms with Gasteiger partial charge in [0.2, 0.25) is 5.91 Å². The fourth-order valence-corrected chi connectivity index (χ4v) is 0.508. The zero-order valence-electron chi connectivity index (χ0n) is 6.02. The van der Waals surface area contributed by atoms with Crippen LogP contribution in [0.2, 0.25) is 0 Å². The molecule has 60 valence electrons. The molecule has 0 aromatic heterocycles. The van der Waals surface area contributed by atoms with E-state index in [9.17, 15) is 9.59 Å². The van der Waals surface area contributed by atoms with Crippen LogP contribution >= 0.6 is 0 Å². The van der Waals surface area contributed by atoms with Gasteiger partial charge in [0.1, 0.15) is 6.29 Å². The standard InChI is InChI=1S/C5H8N4O2/c1-4(11)8-5(3-10)2-7-9-6/h3,5H,2H2,1H3,(H,8,11)/t5-/m0/s1. The summed E-state index contributed by atoms with van der Waals surface area (Å²) in [5.74, 6) is -0.324. The van der Waals surface area contributed by atoms with E-state index in [1.807, 2.05) is 0 Å². The molecule has 6 nitrogen and oxygen atoms in total. The molecule has 1 atom stereocenters. The minimum Gasteiger partial charge on any atom is -0.347 e. The fraction of sp³-hybridized carbons (Fsp3) is 0.600. The third kappa shape index (κ3) is 4.92. The maximum atomic E-state index is 10.4. The quantitative estimate of drug-likeness (QED) is 0.268. The van der Waals surface area contributed by atoms with Gasteiger partial charge in [-0.05, 0) is 5.53 Å². The molecule has 1 amide bonds.